The van der Waals surface area contributed by atoms with Gasteiger partial charge in [0, 0.05) is 39.0 Å². The summed E-state index contributed by atoms with van der Waals surface area (Å²) in [6, 6.07) is 8.25. The molecule has 0 saturated heterocycles. The van der Waals surface area contributed by atoms with Crippen molar-refractivity contribution in [3.63, 3.8) is 0 Å². The molecule has 0 unspecified atom stereocenters. The lowest BCUT2D eigenvalue weighted by molar-refractivity contribution is -0.385. The molecule has 1 N–H and O–H groups in total. The van der Waals surface area contributed by atoms with Crippen molar-refractivity contribution in [1.82, 2.24) is 0 Å². The van der Waals surface area contributed by atoms with E-state index < -0.39 is 20.6 Å². The molecule has 0 amide bonds. The first-order valence-corrected chi connectivity index (χ1v) is 9.17. The number of nitrogens with zero attached hydrogens (tertiary/aromatic N) is 2. The molecule has 0 fully saturated rings. The van der Waals surface area contributed by atoms with Crippen LogP contribution in [-0.4, -0.2) is 33.7 Å². The van der Waals surface area contributed by atoms with Crippen molar-refractivity contribution in [3.05, 3.63) is 57.9 Å². The molecule has 0 radical (unpaired) electrons. The highest BCUT2D eigenvalue weighted by Gasteiger charge is 2.18. The van der Waals surface area contributed by atoms with Gasteiger partial charge in [0.1, 0.15) is 5.82 Å². The summed E-state index contributed by atoms with van der Waals surface area (Å²) in [6.07, 6.45) is 0.975. The Kier molecular flexibility index (Phi) is 5.27. The molecule has 0 aliphatic carbocycles. The molecule has 0 heterocycles. The molecule has 25 heavy (non-hydrogen) atoms. The second-order valence-corrected chi connectivity index (χ2v) is 7.73. The molecule has 134 valence electrons. The third-order valence-corrected chi connectivity index (χ3v) is 4.69. The van der Waals surface area contributed by atoms with Crippen LogP contribution in [0, 0.1) is 15.9 Å². The van der Waals surface area contributed by atoms with Crippen LogP contribution in [0.4, 0.5) is 21.5 Å². The lowest BCUT2D eigenvalue weighted by Gasteiger charge is -2.15. The Balaban J connectivity index is 2.29. The van der Waals surface area contributed by atoms with Crippen molar-refractivity contribution < 1.29 is 17.7 Å². The Bertz CT molecular complexity index is 914. The molecule has 0 spiro atoms. The van der Waals surface area contributed by atoms with Crippen LogP contribution in [0.3, 0.4) is 0 Å². The lowest BCUT2D eigenvalue weighted by atomic mass is 10.2. The Labute approximate surface area is 145 Å². The molecule has 0 aliphatic rings. The van der Waals surface area contributed by atoms with Gasteiger partial charge >= 0.3 is 0 Å². The van der Waals surface area contributed by atoms with Gasteiger partial charge in [0.2, 0.25) is 0 Å². The molecule has 2 rings (SSSR count). The number of nitro benzene ring substituents is 1. The van der Waals surface area contributed by atoms with Crippen LogP contribution >= 0.6 is 0 Å². The van der Waals surface area contributed by atoms with Crippen LogP contribution < -0.4 is 10.2 Å². The maximum Gasteiger partial charge on any atom is 0.270 e. The fraction of sp³-hybridized carbons (Fsp3) is 0.250. The minimum Gasteiger partial charge on any atom is -0.380 e. The van der Waals surface area contributed by atoms with Gasteiger partial charge in [-0.3, -0.25) is 10.1 Å². The number of sulfone groups is 1. The van der Waals surface area contributed by atoms with Gasteiger partial charge in [0.05, 0.1) is 21.2 Å². The van der Waals surface area contributed by atoms with Crippen molar-refractivity contribution >= 4 is 26.9 Å². The molecule has 9 heteroatoms. The SMILES string of the molecule is CN(C)c1ccc(CNc2ccc([N+](=O)[O-])cc2S(C)(=O)=O)cc1F. The highest BCUT2D eigenvalue weighted by atomic mass is 32.2. The summed E-state index contributed by atoms with van der Waals surface area (Å²) < 4.78 is 37.8. The van der Waals surface area contributed by atoms with Crippen LogP contribution in [0.5, 0.6) is 0 Å². The fourth-order valence-electron chi connectivity index (χ4n) is 2.30. The Morgan fingerprint density at radius 3 is 2.40 bits per heavy atom. The standard InChI is InChI=1S/C16H18FN3O4S/c1-19(2)15-7-4-11(8-13(15)17)10-18-14-6-5-12(20(21)22)9-16(14)25(3,23)24/h4-9,18H,10H2,1-3H3. The van der Waals surface area contributed by atoms with E-state index >= 15 is 0 Å². The lowest BCUT2D eigenvalue weighted by Crippen LogP contribution is -2.11. The first kappa shape index (κ1) is 18.7. The number of non-ortho nitro benzene ring substituents is 1. The van der Waals surface area contributed by atoms with Crippen molar-refractivity contribution in [3.8, 4) is 0 Å². The average Bonchev–Trinajstić information content (AvgIpc) is 2.51. The fourth-order valence-corrected chi connectivity index (χ4v) is 3.17. The minimum absolute atomic E-state index is 0.172. The number of rotatable bonds is 6. The van der Waals surface area contributed by atoms with Gasteiger partial charge in [0.25, 0.3) is 5.69 Å². The maximum absolute atomic E-state index is 14.0. The van der Waals surface area contributed by atoms with Gasteiger partial charge in [-0.25, -0.2) is 12.8 Å². The summed E-state index contributed by atoms with van der Waals surface area (Å²) >= 11 is 0. The monoisotopic (exact) mass is 367 g/mol. The van der Waals surface area contributed by atoms with Crippen molar-refractivity contribution in [1.29, 1.82) is 0 Å². The molecule has 0 saturated carbocycles. The molecule has 0 atom stereocenters. The molecule has 7 nitrogen and oxygen atoms in total. The second kappa shape index (κ2) is 7.06. The van der Waals surface area contributed by atoms with E-state index in [-0.39, 0.29) is 22.8 Å². The number of hydrogen-bond donors (Lipinski definition) is 1. The van der Waals surface area contributed by atoms with Crippen LogP contribution in [-0.2, 0) is 16.4 Å². The molecule has 0 bridgehead atoms. The van der Waals surface area contributed by atoms with E-state index in [0.717, 1.165) is 12.3 Å². The van der Waals surface area contributed by atoms with Crippen LogP contribution in [0.25, 0.3) is 0 Å². The van der Waals surface area contributed by atoms with Crippen molar-refractivity contribution in [2.75, 3.05) is 30.6 Å². The highest BCUT2D eigenvalue weighted by Crippen LogP contribution is 2.27. The van der Waals surface area contributed by atoms with Crippen LogP contribution in [0.2, 0.25) is 0 Å². The van der Waals surface area contributed by atoms with Gasteiger partial charge < -0.3 is 10.2 Å². The predicted octanol–water partition coefficient (Wildman–Crippen LogP) is 2.82. The van der Waals surface area contributed by atoms with E-state index in [4.69, 9.17) is 0 Å². The summed E-state index contributed by atoms with van der Waals surface area (Å²) in [5.41, 5.74) is 0.967. The Morgan fingerprint density at radius 1 is 1.20 bits per heavy atom. The largest absolute Gasteiger partial charge is 0.380 e. The van der Waals surface area contributed by atoms with Crippen LogP contribution in [0.15, 0.2) is 41.3 Å². The van der Waals surface area contributed by atoms with E-state index in [1.165, 1.54) is 18.2 Å². The van der Waals surface area contributed by atoms with E-state index in [0.29, 0.717) is 11.3 Å². The average molecular weight is 367 g/mol. The smallest absolute Gasteiger partial charge is 0.270 e. The molecular weight excluding hydrogens is 349 g/mol. The number of benzene rings is 2. The third-order valence-electron chi connectivity index (χ3n) is 3.55. The first-order chi connectivity index (χ1) is 11.6. The van der Waals surface area contributed by atoms with Gasteiger partial charge in [-0.15, -0.1) is 0 Å². The van der Waals surface area contributed by atoms with Crippen molar-refractivity contribution in [2.45, 2.75) is 11.4 Å². The highest BCUT2D eigenvalue weighted by molar-refractivity contribution is 7.90. The van der Waals surface area contributed by atoms with Gasteiger partial charge in [-0.2, -0.15) is 0 Å². The topological polar surface area (TPSA) is 92.5 Å². The van der Waals surface area contributed by atoms with E-state index in [1.807, 2.05) is 0 Å². The molecule has 0 aliphatic heterocycles. The zero-order valence-electron chi connectivity index (χ0n) is 14.0. The quantitative estimate of drug-likeness (QED) is 0.623. The third kappa shape index (κ3) is 4.44. The van der Waals surface area contributed by atoms with E-state index in [9.17, 15) is 22.9 Å². The normalized spacial score (nSPS) is 11.2. The molecular formula is C16H18FN3O4S. The number of anilines is 2. The van der Waals surface area contributed by atoms with Gasteiger partial charge in [0.15, 0.2) is 9.84 Å². The summed E-state index contributed by atoms with van der Waals surface area (Å²) in [5, 5.41) is 13.7. The van der Waals surface area contributed by atoms with Gasteiger partial charge in [-0.1, -0.05) is 6.07 Å². The molecule has 2 aromatic rings. The van der Waals surface area contributed by atoms with Crippen molar-refractivity contribution in [2.24, 2.45) is 0 Å². The molecule has 2 aromatic carbocycles. The summed E-state index contributed by atoms with van der Waals surface area (Å²) in [5.74, 6) is -0.392. The maximum atomic E-state index is 14.0. The summed E-state index contributed by atoms with van der Waals surface area (Å²) in [7, 11) is -0.212. The predicted molar refractivity (Wildman–Crippen MR) is 94.3 cm³/mol. The molecule has 0 aromatic heterocycles. The summed E-state index contributed by atoms with van der Waals surface area (Å²) in [6.45, 7) is 0.172. The first-order valence-electron chi connectivity index (χ1n) is 7.27. The Hall–Kier alpha value is -2.68. The van der Waals surface area contributed by atoms with Gasteiger partial charge in [-0.05, 0) is 23.8 Å². The van der Waals surface area contributed by atoms with Crippen LogP contribution in [0.1, 0.15) is 5.56 Å². The zero-order chi connectivity index (χ0) is 18.8. The second-order valence-electron chi connectivity index (χ2n) is 5.74. The van der Waals surface area contributed by atoms with E-state index in [2.05, 4.69) is 5.32 Å². The van der Waals surface area contributed by atoms with E-state index in [1.54, 1.807) is 31.1 Å². The number of nitrogens with one attached hydrogen (secondary N) is 1. The number of halogens is 1. The minimum atomic E-state index is -3.67. The Morgan fingerprint density at radius 2 is 1.88 bits per heavy atom. The zero-order valence-corrected chi connectivity index (χ0v) is 14.8. The summed E-state index contributed by atoms with van der Waals surface area (Å²) in [4.78, 5) is 11.7. The number of hydrogen-bond acceptors (Lipinski definition) is 6. The number of nitro groups is 1.